The molecule has 0 aromatic carbocycles. The Kier molecular flexibility index (Phi) is 7.79. The van der Waals surface area contributed by atoms with E-state index >= 15 is 0 Å². The van der Waals surface area contributed by atoms with E-state index in [1.807, 2.05) is 0 Å². The van der Waals surface area contributed by atoms with Gasteiger partial charge in [-0.1, -0.05) is 12.5 Å². The molecule has 2 atom stereocenters. The van der Waals surface area contributed by atoms with Gasteiger partial charge in [-0.05, 0) is 58.2 Å². The maximum Gasteiger partial charge on any atom is 0.191 e. The van der Waals surface area contributed by atoms with E-state index in [4.69, 9.17) is 9.98 Å². The molecule has 0 spiro atoms. The lowest BCUT2D eigenvalue weighted by atomic mass is 9.82. The topological polar surface area (TPSA) is 57.0 Å². The molecule has 2 aliphatic rings. The number of halogens is 1. The van der Waals surface area contributed by atoms with Crippen LogP contribution in [0, 0.1) is 6.92 Å². The third-order valence-electron chi connectivity index (χ3n) is 6.39. The second-order valence-electron chi connectivity index (χ2n) is 8.38. The van der Waals surface area contributed by atoms with Gasteiger partial charge < -0.3 is 19.9 Å². The van der Waals surface area contributed by atoms with Crippen LogP contribution in [0.4, 0.5) is 0 Å². The Hall–Kier alpha value is -1.35. The van der Waals surface area contributed by atoms with Gasteiger partial charge in [-0.3, -0.25) is 4.99 Å². The molecule has 6 nitrogen and oxygen atoms in total. The largest absolute Gasteiger partial charge is 0.357 e. The predicted octanol–water partition coefficient (Wildman–Crippen LogP) is 3.37. The molecular formula is C22H35IN6. The third-order valence-corrected chi connectivity index (χ3v) is 6.39. The Bertz CT molecular complexity index is 818. The average Bonchev–Trinajstić information content (AvgIpc) is 3.07. The number of guanidine groups is 1. The van der Waals surface area contributed by atoms with Gasteiger partial charge in [0.1, 0.15) is 5.65 Å². The van der Waals surface area contributed by atoms with E-state index in [0.29, 0.717) is 6.04 Å². The molecule has 2 fully saturated rings. The van der Waals surface area contributed by atoms with Crippen LogP contribution in [0.1, 0.15) is 50.3 Å². The van der Waals surface area contributed by atoms with Crippen LogP contribution >= 0.6 is 24.0 Å². The van der Waals surface area contributed by atoms with E-state index in [0.717, 1.165) is 48.9 Å². The van der Waals surface area contributed by atoms with Gasteiger partial charge in [0.25, 0.3) is 0 Å². The number of hydrogen-bond donors (Lipinski definition) is 2. The van der Waals surface area contributed by atoms with Gasteiger partial charge in [-0.15, -0.1) is 24.0 Å². The molecule has 0 aliphatic carbocycles. The molecule has 2 N–H and O–H groups in total. The summed E-state index contributed by atoms with van der Waals surface area (Å²) in [6, 6.07) is 6.16. The second-order valence-corrected chi connectivity index (χ2v) is 8.38. The fourth-order valence-electron chi connectivity index (χ4n) is 4.85. The summed E-state index contributed by atoms with van der Waals surface area (Å²) in [6.45, 7) is 5.87. The zero-order valence-electron chi connectivity index (χ0n) is 17.9. The minimum atomic E-state index is 0. The summed E-state index contributed by atoms with van der Waals surface area (Å²) >= 11 is 0. The maximum atomic E-state index is 4.84. The zero-order valence-corrected chi connectivity index (χ0v) is 20.2. The van der Waals surface area contributed by atoms with Crippen molar-refractivity contribution in [3.05, 3.63) is 35.8 Å². The predicted molar refractivity (Wildman–Crippen MR) is 130 cm³/mol. The summed E-state index contributed by atoms with van der Waals surface area (Å²) in [4.78, 5) is 12.2. The number of nitrogens with one attached hydrogen (secondary N) is 2. The number of pyridine rings is 1. The van der Waals surface area contributed by atoms with Crippen LogP contribution in [0.15, 0.2) is 29.5 Å². The smallest absolute Gasteiger partial charge is 0.191 e. The summed E-state index contributed by atoms with van der Waals surface area (Å²) in [5.41, 5.74) is 3.35. The molecule has 0 radical (unpaired) electrons. The summed E-state index contributed by atoms with van der Waals surface area (Å²) in [5, 5.41) is 7.14. The molecule has 2 aromatic heterocycles. The SMILES string of the molecule is CCNC(=NCCc1cn2cccc(C)c2n1)NC1CC2CCCC(C1)N2C.I. The first-order valence-electron chi connectivity index (χ1n) is 10.8. The van der Waals surface area contributed by atoms with Crippen LogP contribution in [0.5, 0.6) is 0 Å². The van der Waals surface area contributed by atoms with Gasteiger partial charge in [0.15, 0.2) is 5.96 Å². The number of rotatable bonds is 5. The molecule has 2 unspecified atom stereocenters. The van der Waals surface area contributed by atoms with Crippen LogP contribution < -0.4 is 10.6 Å². The maximum absolute atomic E-state index is 4.84. The van der Waals surface area contributed by atoms with Gasteiger partial charge in [0.2, 0.25) is 0 Å². The van der Waals surface area contributed by atoms with E-state index in [2.05, 4.69) is 65.4 Å². The highest BCUT2D eigenvalue weighted by atomic mass is 127. The van der Waals surface area contributed by atoms with Crippen molar-refractivity contribution in [3.8, 4) is 0 Å². The zero-order chi connectivity index (χ0) is 19.5. The summed E-state index contributed by atoms with van der Waals surface area (Å²) in [7, 11) is 2.31. The van der Waals surface area contributed by atoms with E-state index in [1.165, 1.54) is 37.7 Å². The molecule has 4 heterocycles. The minimum Gasteiger partial charge on any atom is -0.357 e. The van der Waals surface area contributed by atoms with Crippen molar-refractivity contribution < 1.29 is 0 Å². The number of aryl methyl sites for hydroxylation is 1. The molecular weight excluding hydrogens is 475 g/mol. The molecule has 0 saturated carbocycles. The molecule has 7 heteroatoms. The molecule has 2 saturated heterocycles. The highest BCUT2D eigenvalue weighted by Gasteiger charge is 2.36. The van der Waals surface area contributed by atoms with Gasteiger partial charge in [0, 0.05) is 50.0 Å². The summed E-state index contributed by atoms with van der Waals surface area (Å²) in [5.74, 6) is 0.954. The number of fused-ring (bicyclic) bond motifs is 3. The number of imidazole rings is 1. The highest BCUT2D eigenvalue weighted by molar-refractivity contribution is 14.0. The Labute approximate surface area is 191 Å². The summed E-state index contributed by atoms with van der Waals surface area (Å²) < 4.78 is 2.11. The monoisotopic (exact) mass is 510 g/mol. The van der Waals surface area contributed by atoms with E-state index < -0.39 is 0 Å². The van der Waals surface area contributed by atoms with Gasteiger partial charge in [-0.25, -0.2) is 4.98 Å². The quantitative estimate of drug-likeness (QED) is 0.368. The first-order valence-corrected chi connectivity index (χ1v) is 10.8. The number of aromatic nitrogens is 2. The second kappa shape index (κ2) is 10.1. The van der Waals surface area contributed by atoms with Crippen molar-refractivity contribution in [2.75, 3.05) is 20.1 Å². The lowest BCUT2D eigenvalue weighted by Gasteiger charge is -2.47. The minimum absolute atomic E-state index is 0. The number of aliphatic imine (C=N–C) groups is 1. The van der Waals surface area contributed by atoms with Crippen molar-refractivity contribution in [1.29, 1.82) is 0 Å². The van der Waals surface area contributed by atoms with Gasteiger partial charge in [0.05, 0.1) is 5.69 Å². The van der Waals surface area contributed by atoms with Crippen molar-refractivity contribution in [3.63, 3.8) is 0 Å². The van der Waals surface area contributed by atoms with E-state index in [9.17, 15) is 0 Å². The lowest BCUT2D eigenvalue weighted by Crippen LogP contribution is -2.56. The lowest BCUT2D eigenvalue weighted by molar-refractivity contribution is 0.0526. The van der Waals surface area contributed by atoms with Crippen LogP contribution in [0.25, 0.3) is 5.65 Å². The highest BCUT2D eigenvalue weighted by Crippen LogP contribution is 2.32. The average molecular weight is 510 g/mol. The Morgan fingerprint density at radius 2 is 2.03 bits per heavy atom. The fourth-order valence-corrected chi connectivity index (χ4v) is 4.85. The molecule has 2 bridgehead atoms. The van der Waals surface area contributed by atoms with Crippen molar-refractivity contribution in [2.45, 2.75) is 70.5 Å². The molecule has 160 valence electrons. The van der Waals surface area contributed by atoms with E-state index in [-0.39, 0.29) is 24.0 Å². The standard InChI is InChI=1S/C22H34N6.HI/c1-4-23-22(26-18-13-19-8-5-9-20(14-18)27(19)3)24-11-10-17-15-28-12-6-7-16(2)21(28)25-17;/h6-7,12,15,18-20H,4-5,8-11,13-14H2,1-3H3,(H2,23,24,26);1H. The Morgan fingerprint density at radius 1 is 1.28 bits per heavy atom. The van der Waals surface area contributed by atoms with Crippen molar-refractivity contribution >= 4 is 35.6 Å². The molecule has 2 aliphatic heterocycles. The number of nitrogens with zero attached hydrogens (tertiary/aromatic N) is 4. The van der Waals surface area contributed by atoms with Gasteiger partial charge >= 0.3 is 0 Å². The first kappa shape index (κ1) is 22.3. The van der Waals surface area contributed by atoms with Crippen molar-refractivity contribution in [2.24, 2.45) is 4.99 Å². The molecule has 29 heavy (non-hydrogen) atoms. The first-order chi connectivity index (χ1) is 13.6. The van der Waals surface area contributed by atoms with Crippen LogP contribution in [0.3, 0.4) is 0 Å². The Balaban J connectivity index is 0.00000240. The third kappa shape index (κ3) is 5.23. The van der Waals surface area contributed by atoms with Crippen LogP contribution in [-0.4, -0.2) is 58.5 Å². The Morgan fingerprint density at radius 3 is 2.72 bits per heavy atom. The molecule has 4 rings (SSSR count). The normalized spacial score (nSPS) is 24.9. The van der Waals surface area contributed by atoms with E-state index in [1.54, 1.807) is 0 Å². The molecule has 2 aromatic rings. The summed E-state index contributed by atoms with van der Waals surface area (Å²) in [6.07, 6.45) is 11.6. The van der Waals surface area contributed by atoms with Crippen LogP contribution in [0.2, 0.25) is 0 Å². The number of hydrogen-bond acceptors (Lipinski definition) is 3. The molecule has 0 amide bonds. The van der Waals surface area contributed by atoms with Gasteiger partial charge in [-0.2, -0.15) is 0 Å². The van der Waals surface area contributed by atoms with Crippen LogP contribution in [-0.2, 0) is 6.42 Å². The number of piperidine rings is 2. The van der Waals surface area contributed by atoms with Crippen molar-refractivity contribution in [1.82, 2.24) is 24.9 Å². The fraction of sp³-hybridized carbons (Fsp3) is 0.636.